The third-order valence-electron chi connectivity index (χ3n) is 1.75. The summed E-state index contributed by atoms with van der Waals surface area (Å²) < 4.78 is 21.2. The van der Waals surface area contributed by atoms with E-state index in [2.05, 4.69) is 5.32 Å². The van der Waals surface area contributed by atoms with Gasteiger partial charge < -0.3 is 5.32 Å². The second-order valence-electron chi connectivity index (χ2n) is 2.97. The van der Waals surface area contributed by atoms with Crippen molar-refractivity contribution in [2.75, 3.05) is 17.6 Å². The Morgan fingerprint density at radius 1 is 1.31 bits per heavy atom. The molecule has 16 heavy (non-hydrogen) atoms. The fraction of sp³-hybridized carbons (Fsp3) is 0.250. The van der Waals surface area contributed by atoms with Crippen LogP contribution in [0.25, 0.3) is 0 Å². The Hall–Kier alpha value is -1.34. The molecule has 0 radical (unpaired) electrons. The minimum atomic E-state index is -3.51. The summed E-state index contributed by atoms with van der Waals surface area (Å²) in [6.45, 7) is 0.156. The molecular weight excluding hydrogens is 256 g/mol. The second-order valence-corrected chi connectivity index (χ2v) is 5.87. The van der Waals surface area contributed by atoms with E-state index in [1.165, 1.54) is 24.3 Å². The summed E-state index contributed by atoms with van der Waals surface area (Å²) in [5, 5.41) is 13.1. The summed E-state index contributed by atoms with van der Waals surface area (Å²) in [4.78, 5) is 9.84. The number of halogens is 1. The topological polar surface area (TPSA) is 89.3 Å². The summed E-state index contributed by atoms with van der Waals surface area (Å²) in [7, 11) is 1.49. The molecule has 0 spiro atoms. The zero-order valence-corrected chi connectivity index (χ0v) is 9.66. The first-order valence-electron chi connectivity index (χ1n) is 4.29. The maximum absolute atomic E-state index is 10.6. The molecule has 0 saturated carbocycles. The number of rotatable bonds is 5. The molecule has 1 aromatic carbocycles. The molecule has 0 aromatic heterocycles. The number of nitro groups is 1. The van der Waals surface area contributed by atoms with E-state index in [4.69, 9.17) is 10.7 Å². The number of anilines is 1. The van der Waals surface area contributed by atoms with Gasteiger partial charge in [-0.1, -0.05) is 0 Å². The van der Waals surface area contributed by atoms with Gasteiger partial charge in [0, 0.05) is 35.0 Å². The van der Waals surface area contributed by atoms with Crippen molar-refractivity contribution in [1.82, 2.24) is 0 Å². The predicted molar refractivity (Wildman–Crippen MR) is 61.2 cm³/mol. The Morgan fingerprint density at radius 3 is 2.31 bits per heavy atom. The lowest BCUT2D eigenvalue weighted by molar-refractivity contribution is -0.384. The van der Waals surface area contributed by atoms with E-state index < -0.39 is 14.0 Å². The normalized spacial score (nSPS) is 11.1. The van der Waals surface area contributed by atoms with E-state index in [0.717, 1.165) is 0 Å². The molecule has 0 bridgehead atoms. The number of hydrogen-bond donors (Lipinski definition) is 1. The molecule has 0 aliphatic heterocycles. The molecule has 0 saturated heterocycles. The molecule has 88 valence electrons. The van der Waals surface area contributed by atoms with Crippen LogP contribution in [0.15, 0.2) is 24.3 Å². The highest BCUT2D eigenvalue weighted by atomic mass is 35.7. The summed E-state index contributed by atoms with van der Waals surface area (Å²) in [6, 6.07) is 5.66. The molecule has 0 amide bonds. The van der Waals surface area contributed by atoms with Gasteiger partial charge in [-0.3, -0.25) is 10.1 Å². The molecular formula is C8H9ClN2O4S. The Balaban J connectivity index is 2.53. The van der Waals surface area contributed by atoms with Crippen molar-refractivity contribution in [1.29, 1.82) is 0 Å². The van der Waals surface area contributed by atoms with Gasteiger partial charge in [-0.15, -0.1) is 0 Å². The van der Waals surface area contributed by atoms with E-state index in [1.54, 1.807) is 0 Å². The highest BCUT2D eigenvalue weighted by molar-refractivity contribution is 8.13. The largest absolute Gasteiger partial charge is 0.384 e. The summed E-state index contributed by atoms with van der Waals surface area (Å²) in [6.07, 6.45) is 0. The van der Waals surface area contributed by atoms with Crippen LogP contribution >= 0.6 is 10.7 Å². The second kappa shape index (κ2) is 5.13. The maximum atomic E-state index is 10.6. The number of non-ortho nitro benzene ring substituents is 1. The van der Waals surface area contributed by atoms with Gasteiger partial charge in [-0.05, 0) is 12.1 Å². The van der Waals surface area contributed by atoms with E-state index in [1.807, 2.05) is 0 Å². The molecule has 0 unspecified atom stereocenters. The average Bonchev–Trinajstić information content (AvgIpc) is 2.16. The van der Waals surface area contributed by atoms with E-state index in [9.17, 15) is 18.5 Å². The zero-order valence-electron chi connectivity index (χ0n) is 8.09. The minimum Gasteiger partial charge on any atom is -0.384 e. The van der Waals surface area contributed by atoms with Crippen LogP contribution < -0.4 is 5.32 Å². The van der Waals surface area contributed by atoms with Crippen LogP contribution in [0.3, 0.4) is 0 Å². The predicted octanol–water partition coefficient (Wildman–Crippen LogP) is 1.58. The van der Waals surface area contributed by atoms with Crippen LogP contribution in [0.4, 0.5) is 11.4 Å². The van der Waals surface area contributed by atoms with Crippen molar-refractivity contribution >= 4 is 31.1 Å². The first kappa shape index (κ1) is 12.7. The molecule has 8 heteroatoms. The minimum absolute atomic E-state index is 0.0180. The zero-order chi connectivity index (χ0) is 12.2. The first-order valence-corrected chi connectivity index (χ1v) is 6.77. The summed E-state index contributed by atoms with van der Waals surface area (Å²) in [5.41, 5.74) is 0.585. The van der Waals surface area contributed by atoms with Crippen LogP contribution in [-0.4, -0.2) is 25.6 Å². The first-order chi connectivity index (χ1) is 7.38. The smallest absolute Gasteiger partial charge is 0.269 e. The monoisotopic (exact) mass is 264 g/mol. The summed E-state index contributed by atoms with van der Waals surface area (Å²) in [5.74, 6) is -0.203. The fourth-order valence-corrected chi connectivity index (χ4v) is 1.60. The average molecular weight is 265 g/mol. The van der Waals surface area contributed by atoms with Crippen LogP contribution in [-0.2, 0) is 9.05 Å². The number of nitrogens with one attached hydrogen (secondary N) is 1. The highest BCUT2D eigenvalue weighted by Gasteiger charge is 2.06. The van der Waals surface area contributed by atoms with Crippen molar-refractivity contribution in [2.24, 2.45) is 0 Å². The van der Waals surface area contributed by atoms with E-state index in [-0.39, 0.29) is 18.0 Å². The summed E-state index contributed by atoms with van der Waals surface area (Å²) >= 11 is 0. The molecule has 1 aromatic rings. The Morgan fingerprint density at radius 2 is 1.88 bits per heavy atom. The van der Waals surface area contributed by atoms with Crippen LogP contribution in [0.1, 0.15) is 0 Å². The molecule has 0 aliphatic carbocycles. The lowest BCUT2D eigenvalue weighted by Gasteiger charge is -2.03. The Labute approximate surface area is 96.8 Å². The van der Waals surface area contributed by atoms with Crippen LogP contribution in [0.2, 0.25) is 0 Å². The van der Waals surface area contributed by atoms with Gasteiger partial charge in [0.1, 0.15) is 0 Å². The number of nitro benzene ring substituents is 1. The van der Waals surface area contributed by atoms with Crippen molar-refractivity contribution in [2.45, 2.75) is 0 Å². The third kappa shape index (κ3) is 4.45. The third-order valence-corrected chi connectivity index (χ3v) is 2.91. The molecule has 6 nitrogen and oxygen atoms in total. The molecule has 0 heterocycles. The van der Waals surface area contributed by atoms with Crippen LogP contribution in [0.5, 0.6) is 0 Å². The number of nitrogens with zero attached hydrogens (tertiary/aromatic N) is 1. The van der Waals surface area contributed by atoms with Gasteiger partial charge in [0.25, 0.3) is 5.69 Å². The van der Waals surface area contributed by atoms with Crippen LogP contribution in [0, 0.1) is 10.1 Å². The fourth-order valence-electron chi connectivity index (χ4n) is 1.02. The molecule has 0 fully saturated rings. The van der Waals surface area contributed by atoms with E-state index in [0.29, 0.717) is 5.69 Å². The number of hydrogen-bond acceptors (Lipinski definition) is 5. The highest BCUT2D eigenvalue weighted by Crippen LogP contribution is 2.15. The van der Waals surface area contributed by atoms with Gasteiger partial charge in [-0.2, -0.15) is 0 Å². The lowest BCUT2D eigenvalue weighted by atomic mass is 10.3. The van der Waals surface area contributed by atoms with Gasteiger partial charge in [0.2, 0.25) is 9.05 Å². The van der Waals surface area contributed by atoms with Crippen molar-refractivity contribution in [3.8, 4) is 0 Å². The Bertz CT molecular complexity index is 471. The van der Waals surface area contributed by atoms with Gasteiger partial charge in [-0.25, -0.2) is 8.42 Å². The van der Waals surface area contributed by atoms with Gasteiger partial charge in [0.05, 0.1) is 10.7 Å². The molecule has 0 aliphatic rings. The van der Waals surface area contributed by atoms with Crippen molar-refractivity contribution < 1.29 is 13.3 Å². The molecule has 1 N–H and O–H groups in total. The quantitative estimate of drug-likeness (QED) is 0.495. The van der Waals surface area contributed by atoms with Gasteiger partial charge in [0.15, 0.2) is 0 Å². The Kier molecular flexibility index (Phi) is 4.08. The van der Waals surface area contributed by atoms with E-state index >= 15 is 0 Å². The standard InChI is InChI=1S/C8H9ClN2O4S/c9-16(14,15)6-5-10-7-1-3-8(4-2-7)11(12)13/h1-4,10H,5-6H2. The van der Waals surface area contributed by atoms with Crippen molar-refractivity contribution in [3.05, 3.63) is 34.4 Å². The SMILES string of the molecule is O=[N+]([O-])c1ccc(NCCS(=O)(=O)Cl)cc1. The molecule has 0 atom stereocenters. The maximum Gasteiger partial charge on any atom is 0.269 e. The number of benzene rings is 1. The van der Waals surface area contributed by atoms with Gasteiger partial charge >= 0.3 is 0 Å². The van der Waals surface area contributed by atoms with Crippen molar-refractivity contribution in [3.63, 3.8) is 0 Å². The molecule has 1 rings (SSSR count). The lowest BCUT2D eigenvalue weighted by Crippen LogP contribution is -2.11.